The minimum Gasteiger partial charge on any atom is -0.308 e. The van der Waals surface area contributed by atoms with Crippen molar-refractivity contribution in [2.45, 2.75) is 32.7 Å². The Morgan fingerprint density at radius 2 is 1.86 bits per heavy atom. The molecule has 0 spiro atoms. The van der Waals surface area contributed by atoms with Crippen LogP contribution in [0.1, 0.15) is 25.3 Å². The molecule has 1 aromatic heterocycles. The Balaban J connectivity index is 2.46. The number of hydrogen-bond donors (Lipinski definition) is 0. The fourth-order valence-electron chi connectivity index (χ4n) is 2.35. The summed E-state index contributed by atoms with van der Waals surface area (Å²) in [6.45, 7) is 2.70. The smallest absolute Gasteiger partial charge is 0.254 e. The van der Waals surface area contributed by atoms with Gasteiger partial charge >= 0.3 is 0 Å². The standard InChI is InChI=1S/C17H18ClNO2/c1-2-12-19-15(13-6-4-3-5-7-13)10-8-14(17(19)21)9-11-16(18)20/h3-8,10H,2,9,11-12H2,1H3. The molecule has 1 aromatic carbocycles. The Bertz CT molecular complexity index is 677. The van der Waals surface area contributed by atoms with E-state index in [0.29, 0.717) is 18.5 Å². The summed E-state index contributed by atoms with van der Waals surface area (Å²) >= 11 is 5.36. The molecule has 0 N–H and O–H groups in total. The van der Waals surface area contributed by atoms with Crippen LogP contribution >= 0.6 is 11.6 Å². The second-order valence-electron chi connectivity index (χ2n) is 4.92. The highest BCUT2D eigenvalue weighted by Gasteiger charge is 2.10. The number of carbonyl (C=O) groups is 1. The predicted molar refractivity (Wildman–Crippen MR) is 85.6 cm³/mol. The fraction of sp³-hybridized carbons (Fsp3) is 0.294. The van der Waals surface area contributed by atoms with Gasteiger partial charge in [0.15, 0.2) is 0 Å². The molecule has 0 aliphatic carbocycles. The summed E-state index contributed by atoms with van der Waals surface area (Å²) in [6.07, 6.45) is 1.45. The summed E-state index contributed by atoms with van der Waals surface area (Å²) in [5.41, 5.74) is 2.53. The lowest BCUT2D eigenvalue weighted by molar-refractivity contribution is -0.111. The second kappa shape index (κ2) is 7.23. The lowest BCUT2D eigenvalue weighted by atomic mass is 10.1. The van der Waals surface area contributed by atoms with Crippen LogP contribution in [0.25, 0.3) is 11.3 Å². The molecule has 3 nitrogen and oxygen atoms in total. The van der Waals surface area contributed by atoms with Gasteiger partial charge in [-0.3, -0.25) is 9.59 Å². The minimum atomic E-state index is -0.413. The van der Waals surface area contributed by atoms with Crippen molar-refractivity contribution in [3.05, 3.63) is 58.4 Å². The zero-order valence-electron chi connectivity index (χ0n) is 12.0. The first-order valence-electron chi connectivity index (χ1n) is 7.10. The van der Waals surface area contributed by atoms with Crippen molar-refractivity contribution in [3.8, 4) is 11.3 Å². The summed E-state index contributed by atoms with van der Waals surface area (Å²) < 4.78 is 1.78. The monoisotopic (exact) mass is 303 g/mol. The molecule has 0 amide bonds. The van der Waals surface area contributed by atoms with Crippen LogP contribution < -0.4 is 5.56 Å². The maximum atomic E-state index is 12.6. The van der Waals surface area contributed by atoms with Crippen LogP contribution in [0, 0.1) is 0 Å². The normalized spacial score (nSPS) is 10.6. The third-order valence-corrected chi connectivity index (χ3v) is 3.55. The maximum absolute atomic E-state index is 12.6. The zero-order chi connectivity index (χ0) is 15.2. The number of hydrogen-bond acceptors (Lipinski definition) is 2. The van der Waals surface area contributed by atoms with E-state index in [1.165, 1.54) is 0 Å². The first-order chi connectivity index (χ1) is 10.1. The molecule has 2 rings (SSSR count). The number of carbonyl (C=O) groups excluding carboxylic acids is 1. The highest BCUT2D eigenvalue weighted by molar-refractivity contribution is 6.63. The molecule has 0 radical (unpaired) electrons. The Kier molecular flexibility index (Phi) is 5.34. The summed E-state index contributed by atoms with van der Waals surface area (Å²) in [5.74, 6) is 0. The molecule has 0 saturated carbocycles. The molecule has 0 fully saturated rings. The van der Waals surface area contributed by atoms with Gasteiger partial charge in [-0.1, -0.05) is 43.3 Å². The Labute approximate surface area is 129 Å². The number of rotatable bonds is 6. The van der Waals surface area contributed by atoms with Crippen LogP contribution in [0.3, 0.4) is 0 Å². The molecule has 0 saturated heterocycles. The van der Waals surface area contributed by atoms with E-state index in [4.69, 9.17) is 11.6 Å². The van der Waals surface area contributed by atoms with Gasteiger partial charge in [-0.15, -0.1) is 0 Å². The molecule has 1 heterocycles. The third kappa shape index (κ3) is 3.82. The largest absolute Gasteiger partial charge is 0.308 e. The first kappa shape index (κ1) is 15.5. The average molecular weight is 304 g/mol. The zero-order valence-corrected chi connectivity index (χ0v) is 12.8. The van der Waals surface area contributed by atoms with Crippen molar-refractivity contribution in [3.63, 3.8) is 0 Å². The molecule has 4 heteroatoms. The summed E-state index contributed by atoms with van der Waals surface area (Å²) in [5, 5.41) is -0.413. The van der Waals surface area contributed by atoms with Gasteiger partial charge in [0.2, 0.25) is 5.24 Å². The van der Waals surface area contributed by atoms with E-state index < -0.39 is 5.24 Å². The molecule has 110 valence electrons. The van der Waals surface area contributed by atoms with Gasteiger partial charge in [0.1, 0.15) is 0 Å². The van der Waals surface area contributed by atoms with Crippen molar-refractivity contribution in [1.29, 1.82) is 0 Å². The lowest BCUT2D eigenvalue weighted by Gasteiger charge is -2.14. The van der Waals surface area contributed by atoms with Gasteiger partial charge in [-0.25, -0.2) is 0 Å². The quantitative estimate of drug-likeness (QED) is 0.765. The van der Waals surface area contributed by atoms with Gasteiger partial charge in [0, 0.05) is 18.5 Å². The van der Waals surface area contributed by atoms with Gasteiger partial charge in [0.05, 0.1) is 5.69 Å². The van der Waals surface area contributed by atoms with Crippen molar-refractivity contribution in [2.75, 3.05) is 0 Å². The molecular weight excluding hydrogens is 286 g/mol. The van der Waals surface area contributed by atoms with Crippen LogP contribution in [0.4, 0.5) is 0 Å². The van der Waals surface area contributed by atoms with Crippen molar-refractivity contribution >= 4 is 16.8 Å². The Morgan fingerprint density at radius 3 is 2.48 bits per heavy atom. The van der Waals surface area contributed by atoms with Gasteiger partial charge in [0.25, 0.3) is 5.56 Å². The maximum Gasteiger partial charge on any atom is 0.254 e. The van der Waals surface area contributed by atoms with E-state index in [9.17, 15) is 9.59 Å². The summed E-state index contributed by atoms with van der Waals surface area (Å²) in [4.78, 5) is 23.5. The number of benzene rings is 1. The molecule has 0 aliphatic heterocycles. The minimum absolute atomic E-state index is 0.0314. The highest BCUT2D eigenvalue weighted by atomic mass is 35.5. The van der Waals surface area contributed by atoms with Crippen molar-refractivity contribution in [1.82, 2.24) is 4.57 Å². The highest BCUT2D eigenvalue weighted by Crippen LogP contribution is 2.18. The third-order valence-electron chi connectivity index (χ3n) is 3.36. The number of pyridine rings is 1. The molecule has 2 aromatic rings. The van der Waals surface area contributed by atoms with Crippen LogP contribution in [0.2, 0.25) is 0 Å². The Morgan fingerprint density at radius 1 is 1.14 bits per heavy atom. The average Bonchev–Trinajstić information content (AvgIpc) is 2.49. The molecule has 21 heavy (non-hydrogen) atoms. The van der Waals surface area contributed by atoms with Crippen molar-refractivity contribution in [2.24, 2.45) is 0 Å². The predicted octanol–water partition coefficient (Wildman–Crippen LogP) is 3.62. The SMILES string of the molecule is CCCn1c(-c2ccccc2)ccc(CCC(=O)Cl)c1=O. The van der Waals surface area contributed by atoms with E-state index in [1.807, 2.05) is 43.3 Å². The molecular formula is C17H18ClNO2. The lowest BCUT2D eigenvalue weighted by Crippen LogP contribution is -2.25. The molecule has 0 atom stereocenters. The van der Waals surface area contributed by atoms with Crippen molar-refractivity contribution < 1.29 is 4.79 Å². The first-order valence-corrected chi connectivity index (χ1v) is 7.47. The summed E-state index contributed by atoms with van der Waals surface area (Å²) in [7, 11) is 0. The van der Waals surface area contributed by atoms with Crippen LogP contribution in [0.5, 0.6) is 0 Å². The van der Waals surface area contributed by atoms with E-state index in [1.54, 1.807) is 10.6 Å². The molecule has 0 bridgehead atoms. The molecule has 0 unspecified atom stereocenters. The number of nitrogens with zero attached hydrogens (tertiary/aromatic N) is 1. The second-order valence-corrected chi connectivity index (χ2v) is 5.34. The van der Waals surface area contributed by atoms with Gasteiger partial charge < -0.3 is 4.57 Å². The fourth-order valence-corrected chi connectivity index (χ4v) is 2.45. The van der Waals surface area contributed by atoms with E-state index in [2.05, 4.69) is 0 Å². The van der Waals surface area contributed by atoms with E-state index >= 15 is 0 Å². The van der Waals surface area contributed by atoms with Gasteiger partial charge in [-0.05, 0) is 36.1 Å². The van der Waals surface area contributed by atoms with Crippen LogP contribution in [-0.2, 0) is 17.8 Å². The van der Waals surface area contributed by atoms with Gasteiger partial charge in [-0.2, -0.15) is 0 Å². The number of aromatic nitrogens is 1. The van der Waals surface area contributed by atoms with E-state index in [0.717, 1.165) is 17.7 Å². The number of aryl methyl sites for hydroxylation is 1. The Hall–Kier alpha value is -1.87. The van der Waals surface area contributed by atoms with E-state index in [-0.39, 0.29) is 12.0 Å². The summed E-state index contributed by atoms with van der Waals surface area (Å²) in [6, 6.07) is 13.6. The topological polar surface area (TPSA) is 39.1 Å². The molecule has 0 aliphatic rings. The van der Waals surface area contributed by atoms with Crippen LogP contribution in [-0.4, -0.2) is 9.81 Å². The van der Waals surface area contributed by atoms with Crippen LogP contribution in [0.15, 0.2) is 47.3 Å². The number of halogens is 1.